The number of methoxy groups -OCH3 is 1. The van der Waals surface area contributed by atoms with E-state index in [0.717, 1.165) is 30.2 Å². The minimum Gasteiger partial charge on any atom is -0.497 e. The van der Waals surface area contributed by atoms with Crippen molar-refractivity contribution in [3.63, 3.8) is 0 Å². The van der Waals surface area contributed by atoms with Gasteiger partial charge in [-0.1, -0.05) is 61.0 Å². The average Bonchev–Trinajstić information content (AvgIpc) is 2.90. The summed E-state index contributed by atoms with van der Waals surface area (Å²) in [6, 6.07) is 25.8. The molecule has 0 aromatic heterocycles. The lowest BCUT2D eigenvalue weighted by atomic mass is 9.71. The molecule has 2 aliphatic rings. The third kappa shape index (κ3) is 5.54. The Bertz CT molecular complexity index is 1140. The molecule has 3 aromatic rings. The normalized spacial score (nSPS) is 20.1. The van der Waals surface area contributed by atoms with E-state index in [9.17, 15) is 0 Å². The molecule has 190 valence electrons. The zero-order chi connectivity index (χ0) is 25.0. The van der Waals surface area contributed by atoms with E-state index in [2.05, 4.69) is 85.5 Å². The number of piperidine rings is 1. The molecule has 0 bridgehead atoms. The van der Waals surface area contributed by atoms with Gasteiger partial charge in [-0.3, -0.25) is 4.90 Å². The highest BCUT2D eigenvalue weighted by atomic mass is 16.5. The largest absolute Gasteiger partial charge is 0.497 e. The van der Waals surface area contributed by atoms with Gasteiger partial charge in [-0.15, -0.1) is 0 Å². The van der Waals surface area contributed by atoms with Gasteiger partial charge in [-0.2, -0.15) is 0 Å². The summed E-state index contributed by atoms with van der Waals surface area (Å²) in [7, 11) is 1.71. The summed E-state index contributed by atoms with van der Waals surface area (Å²) in [5, 5.41) is 0. The van der Waals surface area contributed by atoms with Crippen molar-refractivity contribution in [1.29, 1.82) is 0 Å². The van der Waals surface area contributed by atoms with Crippen LogP contribution in [-0.2, 0) is 0 Å². The van der Waals surface area contributed by atoms with Gasteiger partial charge in [0.15, 0.2) is 0 Å². The van der Waals surface area contributed by atoms with Gasteiger partial charge in [0.05, 0.1) is 7.11 Å². The molecule has 2 aliphatic heterocycles. The summed E-state index contributed by atoms with van der Waals surface area (Å²) in [6.07, 6.45) is 4.87. The number of rotatable bonds is 8. The Morgan fingerprint density at radius 2 is 1.69 bits per heavy atom. The second-order valence-electron chi connectivity index (χ2n) is 10.8. The molecular formula is C32H39NO3. The maximum atomic E-state index is 6.52. The van der Waals surface area contributed by atoms with Crippen LogP contribution in [0.1, 0.15) is 68.1 Å². The third-order valence-corrected chi connectivity index (χ3v) is 7.65. The Balaban J connectivity index is 1.51. The lowest BCUT2D eigenvalue weighted by Gasteiger charge is -2.41. The van der Waals surface area contributed by atoms with Gasteiger partial charge in [0.25, 0.3) is 0 Å². The number of hydrogen-bond donors (Lipinski definition) is 0. The first-order valence-electron chi connectivity index (χ1n) is 13.4. The summed E-state index contributed by atoms with van der Waals surface area (Å²) in [5.74, 6) is 3.11. The Kier molecular flexibility index (Phi) is 7.52. The second kappa shape index (κ2) is 11.0. The molecule has 0 aliphatic carbocycles. The molecule has 0 spiro atoms. The van der Waals surface area contributed by atoms with Crippen LogP contribution >= 0.6 is 0 Å². The number of ether oxygens (including phenoxy) is 3. The molecule has 5 rings (SSSR count). The number of para-hydroxylation sites is 1. The standard InChI is InChI=1S/C32H39NO3/c1-32(2)23-28(26-17-16-25(34-3)22-30(26)36-32)31(24-12-6-4-7-13-24)27-14-8-9-15-29(27)35-21-20-33-18-10-5-11-19-33/h4,6-9,12-17,22,28,31H,5,10-11,18-21,23H2,1-3H3. The number of benzene rings is 3. The van der Waals surface area contributed by atoms with Crippen molar-refractivity contribution in [2.45, 2.75) is 57.0 Å². The first kappa shape index (κ1) is 24.7. The molecule has 1 saturated heterocycles. The molecule has 2 atom stereocenters. The van der Waals surface area contributed by atoms with Crippen molar-refractivity contribution in [2.75, 3.05) is 33.4 Å². The predicted octanol–water partition coefficient (Wildman–Crippen LogP) is 7.04. The molecule has 0 saturated carbocycles. The van der Waals surface area contributed by atoms with Crippen LogP contribution in [0.5, 0.6) is 17.2 Å². The van der Waals surface area contributed by atoms with Crippen LogP contribution in [0, 0.1) is 0 Å². The first-order valence-corrected chi connectivity index (χ1v) is 13.4. The maximum absolute atomic E-state index is 6.52. The maximum Gasteiger partial charge on any atom is 0.127 e. The van der Waals surface area contributed by atoms with E-state index in [-0.39, 0.29) is 17.4 Å². The van der Waals surface area contributed by atoms with Crippen molar-refractivity contribution in [1.82, 2.24) is 4.90 Å². The lowest BCUT2D eigenvalue weighted by Crippen LogP contribution is -2.37. The summed E-state index contributed by atoms with van der Waals surface area (Å²) in [5.41, 5.74) is 3.48. The van der Waals surface area contributed by atoms with E-state index >= 15 is 0 Å². The van der Waals surface area contributed by atoms with Gasteiger partial charge in [0, 0.05) is 30.0 Å². The molecule has 4 nitrogen and oxygen atoms in total. The first-order chi connectivity index (χ1) is 17.5. The van der Waals surface area contributed by atoms with Crippen LogP contribution in [-0.4, -0.2) is 43.9 Å². The van der Waals surface area contributed by atoms with Crippen molar-refractivity contribution < 1.29 is 14.2 Å². The molecule has 0 radical (unpaired) electrons. The summed E-state index contributed by atoms with van der Waals surface area (Å²) in [4.78, 5) is 2.53. The highest BCUT2D eigenvalue weighted by molar-refractivity contribution is 5.51. The fourth-order valence-electron chi connectivity index (χ4n) is 5.94. The highest BCUT2D eigenvalue weighted by Gasteiger charge is 2.40. The van der Waals surface area contributed by atoms with Crippen molar-refractivity contribution >= 4 is 0 Å². The van der Waals surface area contributed by atoms with Gasteiger partial charge in [-0.25, -0.2) is 0 Å². The zero-order valence-corrected chi connectivity index (χ0v) is 21.9. The van der Waals surface area contributed by atoms with E-state index < -0.39 is 0 Å². The van der Waals surface area contributed by atoms with Gasteiger partial charge in [-0.05, 0) is 69.5 Å². The molecule has 4 heteroatoms. The molecule has 0 N–H and O–H groups in total. The van der Waals surface area contributed by atoms with Crippen LogP contribution in [0.25, 0.3) is 0 Å². The van der Waals surface area contributed by atoms with Crippen LogP contribution in [0.2, 0.25) is 0 Å². The monoisotopic (exact) mass is 485 g/mol. The van der Waals surface area contributed by atoms with E-state index in [0.29, 0.717) is 6.61 Å². The zero-order valence-electron chi connectivity index (χ0n) is 21.9. The predicted molar refractivity (Wildman–Crippen MR) is 146 cm³/mol. The van der Waals surface area contributed by atoms with Gasteiger partial charge >= 0.3 is 0 Å². The highest BCUT2D eigenvalue weighted by Crippen LogP contribution is 2.52. The smallest absolute Gasteiger partial charge is 0.127 e. The SMILES string of the molecule is COc1ccc2c(c1)OC(C)(C)CC2C(c1ccccc1)c1ccccc1OCCN1CCCCC1. The average molecular weight is 486 g/mol. The second-order valence-corrected chi connectivity index (χ2v) is 10.8. The third-order valence-electron chi connectivity index (χ3n) is 7.65. The van der Waals surface area contributed by atoms with Crippen molar-refractivity contribution in [2.24, 2.45) is 0 Å². The topological polar surface area (TPSA) is 30.9 Å². The van der Waals surface area contributed by atoms with Crippen LogP contribution < -0.4 is 14.2 Å². The van der Waals surface area contributed by atoms with E-state index in [1.807, 2.05) is 6.07 Å². The molecule has 3 aromatic carbocycles. The van der Waals surface area contributed by atoms with Crippen LogP contribution in [0.3, 0.4) is 0 Å². The van der Waals surface area contributed by atoms with Gasteiger partial charge in [0.2, 0.25) is 0 Å². The van der Waals surface area contributed by atoms with E-state index in [1.165, 1.54) is 49.0 Å². The molecule has 2 unspecified atom stereocenters. The Morgan fingerprint density at radius 3 is 2.47 bits per heavy atom. The van der Waals surface area contributed by atoms with Crippen molar-refractivity contribution in [3.8, 4) is 17.2 Å². The van der Waals surface area contributed by atoms with Crippen LogP contribution in [0.4, 0.5) is 0 Å². The summed E-state index contributed by atoms with van der Waals surface area (Å²) >= 11 is 0. The van der Waals surface area contributed by atoms with E-state index in [4.69, 9.17) is 14.2 Å². The van der Waals surface area contributed by atoms with Crippen LogP contribution in [0.15, 0.2) is 72.8 Å². The summed E-state index contributed by atoms with van der Waals surface area (Å²) in [6.45, 7) is 8.45. The molecule has 2 heterocycles. The van der Waals surface area contributed by atoms with Gasteiger partial charge in [0.1, 0.15) is 29.5 Å². The number of nitrogens with zero attached hydrogens (tertiary/aromatic N) is 1. The van der Waals surface area contributed by atoms with Crippen molar-refractivity contribution in [3.05, 3.63) is 89.5 Å². The lowest BCUT2D eigenvalue weighted by molar-refractivity contribution is 0.0686. The Hall–Kier alpha value is -2.98. The quantitative estimate of drug-likeness (QED) is 0.342. The number of likely N-dealkylation sites (tertiary alicyclic amines) is 1. The van der Waals surface area contributed by atoms with E-state index in [1.54, 1.807) is 7.11 Å². The number of fused-ring (bicyclic) bond motifs is 1. The molecular weight excluding hydrogens is 446 g/mol. The van der Waals surface area contributed by atoms with Gasteiger partial charge < -0.3 is 14.2 Å². The fourth-order valence-corrected chi connectivity index (χ4v) is 5.94. The fraction of sp³-hybridized carbons (Fsp3) is 0.438. The molecule has 0 amide bonds. The Labute approximate surface area is 216 Å². The summed E-state index contributed by atoms with van der Waals surface area (Å²) < 4.78 is 18.5. The molecule has 36 heavy (non-hydrogen) atoms. The Morgan fingerprint density at radius 1 is 0.944 bits per heavy atom. The minimum absolute atomic E-state index is 0.146. The minimum atomic E-state index is -0.291. The number of hydrogen-bond acceptors (Lipinski definition) is 4. The molecule has 1 fully saturated rings.